The quantitative estimate of drug-likeness (QED) is 0.637. The van der Waals surface area contributed by atoms with Gasteiger partial charge in [-0.05, 0) is 31.2 Å². The zero-order valence-electron chi connectivity index (χ0n) is 11.9. The van der Waals surface area contributed by atoms with E-state index in [1.807, 2.05) is 12.1 Å². The molecule has 1 N–H and O–H groups in total. The molecule has 0 aromatic heterocycles. The number of hydrogen-bond donors (Lipinski definition) is 1. The molecule has 0 saturated carbocycles. The van der Waals surface area contributed by atoms with Gasteiger partial charge in [-0.15, -0.1) is 12.4 Å². The lowest BCUT2D eigenvalue weighted by Gasteiger charge is -2.10. The zero-order chi connectivity index (χ0) is 13.2. The molecule has 0 heterocycles. The van der Waals surface area contributed by atoms with Crippen LogP contribution < -0.4 is 10.1 Å². The van der Waals surface area contributed by atoms with E-state index in [1.54, 1.807) is 7.11 Å². The van der Waals surface area contributed by atoms with Crippen molar-refractivity contribution in [3.63, 3.8) is 0 Å². The maximum atomic E-state index is 5.35. The van der Waals surface area contributed by atoms with Crippen LogP contribution in [0.3, 0.4) is 0 Å². The monoisotopic (exact) mass is 349 g/mol. The van der Waals surface area contributed by atoms with E-state index in [9.17, 15) is 0 Å². The number of nitrogens with one attached hydrogen (secondary N) is 1. The summed E-state index contributed by atoms with van der Waals surface area (Å²) in [5.74, 6) is 0.955. The molecule has 0 radical (unpaired) electrons. The Morgan fingerprint density at radius 3 is 2.58 bits per heavy atom. The topological polar surface area (TPSA) is 21.3 Å². The van der Waals surface area contributed by atoms with Gasteiger partial charge in [-0.3, -0.25) is 0 Å². The average Bonchev–Trinajstić information content (AvgIpc) is 2.38. The molecule has 1 rings (SSSR count). The van der Waals surface area contributed by atoms with Gasteiger partial charge < -0.3 is 10.1 Å². The van der Waals surface area contributed by atoms with Gasteiger partial charge in [0.05, 0.1) is 7.11 Å². The molecule has 19 heavy (non-hydrogen) atoms. The van der Waals surface area contributed by atoms with Gasteiger partial charge in [0.25, 0.3) is 0 Å². The molecule has 0 bridgehead atoms. The summed E-state index contributed by atoms with van der Waals surface area (Å²) in [5, 5.41) is 3.48. The average molecular weight is 351 g/mol. The first kappa shape index (κ1) is 18.8. The van der Waals surface area contributed by atoms with Crippen LogP contribution >= 0.6 is 28.3 Å². The van der Waals surface area contributed by atoms with Crippen molar-refractivity contribution in [2.75, 3.05) is 13.7 Å². The van der Waals surface area contributed by atoms with E-state index >= 15 is 0 Å². The number of rotatable bonds is 9. The smallest absolute Gasteiger partial charge is 0.123 e. The normalized spacial score (nSPS) is 10.1. The fraction of sp³-hybridized carbons (Fsp3) is 0.600. The van der Waals surface area contributed by atoms with Crippen molar-refractivity contribution in [3.05, 3.63) is 28.2 Å². The second kappa shape index (κ2) is 11.6. The molecule has 0 aliphatic carbocycles. The van der Waals surface area contributed by atoms with Crippen LogP contribution in [0.15, 0.2) is 22.7 Å². The van der Waals surface area contributed by atoms with Gasteiger partial charge in [0.2, 0.25) is 0 Å². The molecule has 0 aliphatic rings. The molecular weight excluding hydrogens is 326 g/mol. The molecule has 110 valence electrons. The highest BCUT2D eigenvalue weighted by Crippen LogP contribution is 2.22. The summed E-state index contributed by atoms with van der Waals surface area (Å²) in [7, 11) is 1.72. The van der Waals surface area contributed by atoms with Gasteiger partial charge in [0.1, 0.15) is 5.75 Å². The van der Waals surface area contributed by atoms with Crippen LogP contribution in [-0.2, 0) is 6.54 Å². The Morgan fingerprint density at radius 1 is 1.16 bits per heavy atom. The van der Waals surface area contributed by atoms with Gasteiger partial charge in [0.15, 0.2) is 0 Å². The van der Waals surface area contributed by atoms with E-state index in [0.717, 1.165) is 23.3 Å². The van der Waals surface area contributed by atoms with E-state index in [4.69, 9.17) is 4.74 Å². The molecule has 0 fully saturated rings. The molecular formula is C15H25BrClNO. The first-order valence-electron chi connectivity index (χ1n) is 6.81. The van der Waals surface area contributed by atoms with Crippen LogP contribution in [0.25, 0.3) is 0 Å². The maximum absolute atomic E-state index is 5.35. The second-order valence-corrected chi connectivity index (χ2v) is 5.46. The van der Waals surface area contributed by atoms with Gasteiger partial charge in [-0.2, -0.15) is 0 Å². The van der Waals surface area contributed by atoms with Crippen molar-refractivity contribution >= 4 is 28.3 Å². The Bertz CT molecular complexity index is 347. The molecule has 0 spiro atoms. The molecule has 1 aromatic rings. The van der Waals surface area contributed by atoms with Crippen LogP contribution in [0.1, 0.15) is 44.6 Å². The summed E-state index contributed by atoms with van der Waals surface area (Å²) in [6.45, 7) is 4.20. The van der Waals surface area contributed by atoms with Gasteiger partial charge in [-0.1, -0.05) is 48.5 Å². The maximum Gasteiger partial charge on any atom is 0.123 e. The SMILES string of the molecule is CCCCCCCNCc1cc(Br)ccc1OC.Cl. The zero-order valence-corrected chi connectivity index (χ0v) is 14.3. The third-order valence-electron chi connectivity index (χ3n) is 3.02. The van der Waals surface area contributed by atoms with Gasteiger partial charge in [0, 0.05) is 16.6 Å². The minimum atomic E-state index is 0. The highest BCUT2D eigenvalue weighted by molar-refractivity contribution is 9.10. The Morgan fingerprint density at radius 2 is 1.89 bits per heavy atom. The number of benzene rings is 1. The Hall–Kier alpha value is -0.250. The van der Waals surface area contributed by atoms with E-state index in [1.165, 1.54) is 37.7 Å². The van der Waals surface area contributed by atoms with Crippen molar-refractivity contribution in [2.45, 2.75) is 45.6 Å². The lowest BCUT2D eigenvalue weighted by atomic mass is 10.1. The molecule has 0 saturated heterocycles. The molecule has 0 atom stereocenters. The minimum absolute atomic E-state index is 0. The molecule has 0 amide bonds. The summed E-state index contributed by atoms with van der Waals surface area (Å²) < 4.78 is 6.45. The van der Waals surface area contributed by atoms with Crippen LogP contribution in [-0.4, -0.2) is 13.7 Å². The summed E-state index contributed by atoms with van der Waals surface area (Å²) in [4.78, 5) is 0. The third-order valence-corrected chi connectivity index (χ3v) is 3.51. The number of ether oxygens (including phenoxy) is 1. The number of unbranched alkanes of at least 4 members (excludes halogenated alkanes) is 4. The van der Waals surface area contributed by atoms with Crippen molar-refractivity contribution < 1.29 is 4.74 Å². The lowest BCUT2D eigenvalue weighted by molar-refractivity contribution is 0.407. The van der Waals surface area contributed by atoms with E-state index in [0.29, 0.717) is 0 Å². The summed E-state index contributed by atoms with van der Waals surface area (Å²) in [6.07, 6.45) is 6.62. The van der Waals surface area contributed by atoms with Gasteiger partial charge in [-0.25, -0.2) is 0 Å². The largest absolute Gasteiger partial charge is 0.496 e. The molecule has 1 aromatic carbocycles. The predicted molar refractivity (Wildman–Crippen MR) is 88.4 cm³/mol. The Kier molecular flexibility index (Phi) is 11.4. The standard InChI is InChI=1S/C15H24BrNO.ClH/c1-3-4-5-6-7-10-17-12-13-11-14(16)8-9-15(13)18-2;/h8-9,11,17H,3-7,10,12H2,1-2H3;1H. The van der Waals surface area contributed by atoms with Crippen molar-refractivity contribution in [1.82, 2.24) is 5.32 Å². The second-order valence-electron chi connectivity index (χ2n) is 4.55. The Labute approximate surface area is 131 Å². The molecule has 0 unspecified atom stereocenters. The highest BCUT2D eigenvalue weighted by atomic mass is 79.9. The number of halogens is 2. The first-order chi connectivity index (χ1) is 8.77. The minimum Gasteiger partial charge on any atom is -0.496 e. The fourth-order valence-corrected chi connectivity index (χ4v) is 2.37. The number of methoxy groups -OCH3 is 1. The van der Waals surface area contributed by atoms with Crippen LogP contribution in [0.4, 0.5) is 0 Å². The third kappa shape index (κ3) is 7.81. The van der Waals surface area contributed by atoms with Crippen LogP contribution in [0.5, 0.6) is 5.75 Å². The number of hydrogen-bond acceptors (Lipinski definition) is 2. The van der Waals surface area contributed by atoms with E-state index in [-0.39, 0.29) is 12.4 Å². The van der Waals surface area contributed by atoms with Crippen LogP contribution in [0, 0.1) is 0 Å². The molecule has 4 heteroatoms. The van der Waals surface area contributed by atoms with Crippen LogP contribution in [0.2, 0.25) is 0 Å². The van der Waals surface area contributed by atoms with E-state index < -0.39 is 0 Å². The van der Waals surface area contributed by atoms with Crippen molar-refractivity contribution in [1.29, 1.82) is 0 Å². The predicted octanol–water partition coefficient (Wildman–Crippen LogP) is 4.94. The van der Waals surface area contributed by atoms with Gasteiger partial charge >= 0.3 is 0 Å². The lowest BCUT2D eigenvalue weighted by Crippen LogP contribution is -2.15. The summed E-state index contributed by atoms with van der Waals surface area (Å²) >= 11 is 3.49. The highest BCUT2D eigenvalue weighted by Gasteiger charge is 2.02. The summed E-state index contributed by atoms with van der Waals surface area (Å²) in [5.41, 5.74) is 1.21. The molecule has 0 aliphatic heterocycles. The van der Waals surface area contributed by atoms with E-state index in [2.05, 4.69) is 34.2 Å². The molecule has 2 nitrogen and oxygen atoms in total. The first-order valence-corrected chi connectivity index (χ1v) is 7.60. The van der Waals surface area contributed by atoms with Crippen molar-refractivity contribution in [3.8, 4) is 5.75 Å². The summed E-state index contributed by atoms with van der Waals surface area (Å²) in [6, 6.07) is 6.12. The van der Waals surface area contributed by atoms with Crippen molar-refractivity contribution in [2.24, 2.45) is 0 Å². The Balaban J connectivity index is 0.00000324. The fourth-order valence-electron chi connectivity index (χ4n) is 1.96.